The number of benzene rings is 2. The molecule has 0 fully saturated rings. The summed E-state index contributed by atoms with van der Waals surface area (Å²) in [6.07, 6.45) is 3.21. The van der Waals surface area contributed by atoms with Crippen LogP contribution in [0, 0.1) is 6.92 Å². The van der Waals surface area contributed by atoms with Crippen LogP contribution in [-0.2, 0) is 18.9 Å². The number of nitrogens with zero attached hydrogens (tertiary/aromatic N) is 1. The highest BCUT2D eigenvalue weighted by Crippen LogP contribution is 2.53. The summed E-state index contributed by atoms with van der Waals surface area (Å²) in [6, 6.07) is 17.8. The average molecular weight is 328 g/mol. The predicted molar refractivity (Wildman–Crippen MR) is 105 cm³/mol. The van der Waals surface area contributed by atoms with E-state index in [2.05, 4.69) is 94.0 Å². The molecule has 0 spiro atoms. The number of aromatic nitrogens is 1. The van der Waals surface area contributed by atoms with E-state index < -0.39 is 0 Å². The molecular weight excluding hydrogens is 302 g/mol. The molecule has 1 aromatic heterocycles. The Morgan fingerprint density at radius 2 is 1.68 bits per heavy atom. The first-order chi connectivity index (χ1) is 12.0. The number of hydrogen-bond donors (Lipinski definition) is 0. The van der Waals surface area contributed by atoms with Crippen molar-refractivity contribution in [2.24, 2.45) is 7.05 Å². The van der Waals surface area contributed by atoms with Crippen LogP contribution in [0.2, 0.25) is 0 Å². The molecule has 1 aliphatic carbocycles. The number of aryl methyl sites for hydroxylation is 2. The largest absolute Gasteiger partial charge is 0.212 e. The first-order valence-electron chi connectivity index (χ1n) is 9.18. The molecule has 1 heterocycles. The van der Waals surface area contributed by atoms with Crippen LogP contribution in [0.3, 0.4) is 0 Å². The van der Waals surface area contributed by atoms with Gasteiger partial charge in [-0.15, -0.1) is 0 Å². The lowest BCUT2D eigenvalue weighted by atomic mass is 9.77. The molecule has 0 saturated heterocycles. The third kappa shape index (κ3) is 2.18. The van der Waals surface area contributed by atoms with Gasteiger partial charge in [0.1, 0.15) is 7.05 Å². The Morgan fingerprint density at radius 3 is 2.40 bits per heavy atom. The maximum Gasteiger partial charge on any atom is 0.212 e. The zero-order valence-corrected chi connectivity index (χ0v) is 15.9. The third-order valence-electron chi connectivity index (χ3n) is 5.90. The Hall–Kier alpha value is -2.41. The summed E-state index contributed by atoms with van der Waals surface area (Å²) >= 11 is 0. The fourth-order valence-electron chi connectivity index (χ4n) is 4.57. The van der Waals surface area contributed by atoms with Gasteiger partial charge < -0.3 is 0 Å². The first-order valence-corrected chi connectivity index (χ1v) is 9.18. The van der Waals surface area contributed by atoms with Crippen LogP contribution >= 0.6 is 0 Å². The predicted octanol–water partition coefficient (Wildman–Crippen LogP) is 5.36. The fraction of sp³-hybridized carbons (Fsp3) is 0.292. The molecule has 0 N–H and O–H groups in total. The molecule has 25 heavy (non-hydrogen) atoms. The molecule has 0 saturated carbocycles. The van der Waals surface area contributed by atoms with Crippen LogP contribution in [-0.4, -0.2) is 0 Å². The van der Waals surface area contributed by atoms with Crippen molar-refractivity contribution < 1.29 is 4.57 Å². The van der Waals surface area contributed by atoms with Gasteiger partial charge >= 0.3 is 0 Å². The SMILES string of the molecule is CCc1cc2c(c(-c3cccc[n+]3C)c1C)C(C)(C)c1ccccc1-2. The fourth-order valence-corrected chi connectivity index (χ4v) is 4.57. The second-order valence-electron chi connectivity index (χ2n) is 7.68. The van der Waals surface area contributed by atoms with Crippen LogP contribution in [0.25, 0.3) is 22.4 Å². The van der Waals surface area contributed by atoms with Gasteiger partial charge in [-0.25, -0.2) is 4.57 Å². The van der Waals surface area contributed by atoms with E-state index in [0.29, 0.717) is 0 Å². The topological polar surface area (TPSA) is 3.88 Å². The van der Waals surface area contributed by atoms with E-state index in [1.807, 2.05) is 0 Å². The Bertz CT molecular complexity index is 979. The molecule has 3 aromatic rings. The lowest BCUT2D eigenvalue weighted by Gasteiger charge is -2.25. The Balaban J connectivity index is 2.17. The molecule has 2 aromatic carbocycles. The van der Waals surface area contributed by atoms with Crippen molar-refractivity contribution in [2.75, 3.05) is 0 Å². The van der Waals surface area contributed by atoms with Gasteiger partial charge in [-0.2, -0.15) is 0 Å². The normalized spacial score (nSPS) is 14.3. The van der Waals surface area contributed by atoms with E-state index in [-0.39, 0.29) is 5.41 Å². The molecule has 4 rings (SSSR count). The highest BCUT2D eigenvalue weighted by atomic mass is 14.9. The van der Waals surface area contributed by atoms with Gasteiger partial charge in [-0.05, 0) is 52.8 Å². The summed E-state index contributed by atoms with van der Waals surface area (Å²) in [6.45, 7) is 9.29. The molecule has 1 heteroatoms. The molecule has 126 valence electrons. The smallest absolute Gasteiger partial charge is 0.201 e. The minimum Gasteiger partial charge on any atom is -0.201 e. The zero-order valence-electron chi connectivity index (χ0n) is 15.9. The Labute approximate surface area is 151 Å². The number of pyridine rings is 1. The van der Waals surface area contributed by atoms with E-state index in [4.69, 9.17) is 0 Å². The van der Waals surface area contributed by atoms with Crippen molar-refractivity contribution in [1.82, 2.24) is 0 Å². The van der Waals surface area contributed by atoms with Crippen LogP contribution in [0.1, 0.15) is 43.0 Å². The van der Waals surface area contributed by atoms with Crippen LogP contribution < -0.4 is 4.57 Å². The molecule has 0 radical (unpaired) electrons. The first kappa shape index (κ1) is 16.1. The van der Waals surface area contributed by atoms with E-state index in [1.54, 1.807) is 0 Å². The van der Waals surface area contributed by atoms with Gasteiger partial charge in [0.2, 0.25) is 5.69 Å². The summed E-state index contributed by atoms with van der Waals surface area (Å²) in [4.78, 5) is 0. The van der Waals surface area contributed by atoms with E-state index >= 15 is 0 Å². The minimum atomic E-state index is 0.0150. The Kier molecular flexibility index (Phi) is 3.57. The molecule has 0 amide bonds. The summed E-state index contributed by atoms with van der Waals surface area (Å²) in [7, 11) is 2.15. The van der Waals surface area contributed by atoms with Crippen molar-refractivity contribution in [3.8, 4) is 22.4 Å². The standard InChI is InChI=1S/C24H26N/c1-6-17-15-19-18-11-7-8-12-20(18)24(3,4)23(19)22(16(17)2)21-13-9-10-14-25(21)5/h7-15H,6H2,1-5H3/q+1. The zero-order chi connectivity index (χ0) is 17.8. The number of fused-ring (bicyclic) bond motifs is 3. The van der Waals surface area contributed by atoms with Gasteiger partial charge in [0, 0.05) is 17.5 Å². The monoisotopic (exact) mass is 328 g/mol. The lowest BCUT2D eigenvalue weighted by molar-refractivity contribution is -0.660. The van der Waals surface area contributed by atoms with Gasteiger partial charge in [0.05, 0.1) is 5.56 Å². The van der Waals surface area contributed by atoms with Crippen LogP contribution in [0.4, 0.5) is 0 Å². The van der Waals surface area contributed by atoms with Crippen molar-refractivity contribution in [2.45, 2.75) is 39.5 Å². The summed E-state index contributed by atoms with van der Waals surface area (Å²) < 4.78 is 2.25. The quantitative estimate of drug-likeness (QED) is 0.558. The van der Waals surface area contributed by atoms with E-state index in [9.17, 15) is 0 Å². The van der Waals surface area contributed by atoms with Crippen molar-refractivity contribution >= 4 is 0 Å². The number of rotatable bonds is 2. The minimum absolute atomic E-state index is 0.0150. The maximum absolute atomic E-state index is 2.44. The Morgan fingerprint density at radius 1 is 0.960 bits per heavy atom. The summed E-state index contributed by atoms with van der Waals surface area (Å²) in [5.74, 6) is 0. The van der Waals surface area contributed by atoms with Gasteiger partial charge in [-0.1, -0.05) is 51.1 Å². The molecular formula is C24H26N+. The maximum atomic E-state index is 2.44. The lowest BCUT2D eigenvalue weighted by Crippen LogP contribution is -2.31. The van der Waals surface area contributed by atoms with Crippen molar-refractivity contribution in [3.05, 3.63) is 77.0 Å². The van der Waals surface area contributed by atoms with Gasteiger partial charge in [0.15, 0.2) is 6.20 Å². The third-order valence-corrected chi connectivity index (χ3v) is 5.90. The van der Waals surface area contributed by atoms with E-state index in [0.717, 1.165) is 6.42 Å². The second kappa shape index (κ2) is 5.56. The van der Waals surface area contributed by atoms with Crippen LogP contribution in [0.5, 0.6) is 0 Å². The van der Waals surface area contributed by atoms with Crippen molar-refractivity contribution in [3.63, 3.8) is 0 Å². The summed E-state index contributed by atoms with van der Waals surface area (Å²) in [5.41, 5.74) is 11.3. The molecule has 0 bridgehead atoms. The number of hydrogen-bond acceptors (Lipinski definition) is 0. The highest BCUT2D eigenvalue weighted by Gasteiger charge is 2.39. The molecule has 1 nitrogen and oxygen atoms in total. The van der Waals surface area contributed by atoms with Crippen molar-refractivity contribution in [1.29, 1.82) is 0 Å². The molecule has 0 unspecified atom stereocenters. The summed E-state index contributed by atoms with van der Waals surface area (Å²) in [5, 5.41) is 0. The van der Waals surface area contributed by atoms with Gasteiger partial charge in [-0.3, -0.25) is 0 Å². The second-order valence-corrected chi connectivity index (χ2v) is 7.68. The average Bonchev–Trinajstić information content (AvgIpc) is 2.83. The highest BCUT2D eigenvalue weighted by molar-refractivity contribution is 5.89. The molecule has 0 atom stereocenters. The van der Waals surface area contributed by atoms with E-state index in [1.165, 1.54) is 44.6 Å². The van der Waals surface area contributed by atoms with Crippen LogP contribution in [0.15, 0.2) is 54.7 Å². The molecule has 1 aliphatic rings. The van der Waals surface area contributed by atoms with Gasteiger partial charge in [0.25, 0.3) is 0 Å². The molecule has 0 aliphatic heterocycles.